The Hall–Kier alpha value is -6.62. The Balaban J connectivity index is 1.51. The lowest BCUT2D eigenvalue weighted by atomic mass is 9.95. The second kappa shape index (κ2) is 15.9. The van der Waals surface area contributed by atoms with Crippen LogP contribution in [0.4, 0.5) is 0 Å². The topological polar surface area (TPSA) is 264 Å². The zero-order valence-electron chi connectivity index (χ0n) is 32.7. The Labute approximate surface area is 366 Å². The van der Waals surface area contributed by atoms with Gasteiger partial charge >= 0.3 is 20.5 Å². The normalized spacial score (nSPS) is 15.4. The zero-order valence-corrected chi connectivity index (χ0v) is 36.0. The summed E-state index contributed by atoms with van der Waals surface area (Å²) in [6, 6.07) is 26.6. The van der Waals surface area contributed by atoms with Gasteiger partial charge < -0.3 is 9.97 Å². The number of nitrogens with zero attached hydrogens (tertiary/aromatic N) is 2. The van der Waals surface area contributed by atoms with Gasteiger partial charge in [-0.3, -0.25) is 13.7 Å². The molecule has 1 atom stereocenters. The number of H-pyrrole nitrogens is 2. The number of aromatic nitrogens is 4. The van der Waals surface area contributed by atoms with Crippen LogP contribution in [-0.2, 0) is 44.4 Å². The number of fused-ring (bicyclic) bond motifs is 8. The molecule has 3 aromatic carbocycles. The fourth-order valence-corrected chi connectivity index (χ4v) is 11.5. The van der Waals surface area contributed by atoms with E-state index in [0.717, 1.165) is 6.07 Å². The van der Waals surface area contributed by atoms with E-state index >= 15 is 0 Å². The molecule has 9 rings (SSSR count). The fraction of sp³-hybridized carbons (Fsp3) is 0.0455. The van der Waals surface area contributed by atoms with Crippen LogP contribution in [0.3, 0.4) is 0 Å². The maximum absolute atomic E-state index is 13.6. The van der Waals surface area contributed by atoms with Gasteiger partial charge in [0.15, 0.2) is 0 Å². The van der Waals surface area contributed by atoms with Gasteiger partial charge in [0, 0.05) is 55.4 Å². The van der Waals surface area contributed by atoms with Crippen molar-refractivity contribution in [2.45, 2.75) is 21.5 Å². The molecule has 3 aliphatic rings. The van der Waals surface area contributed by atoms with Gasteiger partial charge in [0.05, 0.1) is 22.8 Å². The van der Waals surface area contributed by atoms with E-state index in [1.165, 1.54) is 36.4 Å². The summed E-state index contributed by atoms with van der Waals surface area (Å²) in [6.07, 6.45) is 11.3. The van der Waals surface area contributed by atoms with Crippen molar-refractivity contribution in [2.75, 3.05) is 0 Å². The van der Waals surface area contributed by atoms with Crippen LogP contribution in [0.1, 0.15) is 34.8 Å². The average Bonchev–Trinajstić information content (AvgIpc) is 4.08. The van der Waals surface area contributed by atoms with Gasteiger partial charge in [-0.1, -0.05) is 85.0 Å². The molecule has 0 amide bonds. The molecule has 20 heteroatoms. The standard InChI is InChI=1S/C44H32N4O12S4/c49-61(50,51)38-15-7-4-12-27(38)42-32-20-18-30(45-32)41(26-10-2-1-3-11-26)31-19-21-36(46-31)44(29-14-6-9-17-40(29)63(55,56)60-64(57,58)59)37-25-24-35(48-37)43(34-23-22-33(42)47-34)28-13-5-8-16-39(28)62(52,53)54/h1-14,16-25,38,45,48H,15H2,(H,49,50,51)(H,52,53,54)(H,57,58,59). The third kappa shape index (κ3) is 8.08. The highest BCUT2D eigenvalue weighted by molar-refractivity contribution is 7.97. The summed E-state index contributed by atoms with van der Waals surface area (Å²) in [5.74, 6) is 0. The SMILES string of the molecule is O=S(=O)(O)OS(=O)(=O)c1ccccc1-c1c2nc(c(-c3ccccc3)c3ccc([nH]3)c(C3=CC=CCC3S(=O)(=O)O)c3nc(c(-c4ccccc4S(=O)(=O)O)c4ccc1[nH]4)C=C3)C=C2. The largest absolute Gasteiger partial charge is 0.412 e. The Morgan fingerprint density at radius 3 is 1.52 bits per heavy atom. The predicted molar refractivity (Wildman–Crippen MR) is 242 cm³/mol. The quantitative estimate of drug-likeness (QED) is 0.0859. The highest BCUT2D eigenvalue weighted by Gasteiger charge is 2.32. The van der Waals surface area contributed by atoms with Crippen LogP contribution in [0, 0.1) is 0 Å². The van der Waals surface area contributed by atoms with Gasteiger partial charge in [0.2, 0.25) is 0 Å². The molecule has 1 aliphatic carbocycles. The molecule has 6 aromatic rings. The molecule has 0 fully saturated rings. The maximum Gasteiger partial charge on any atom is 0.412 e. The van der Waals surface area contributed by atoms with Crippen molar-refractivity contribution in [1.29, 1.82) is 0 Å². The van der Waals surface area contributed by atoms with Gasteiger partial charge in [-0.2, -0.15) is 33.7 Å². The molecule has 0 spiro atoms. The molecule has 0 radical (unpaired) electrons. The van der Waals surface area contributed by atoms with Crippen molar-refractivity contribution in [2.24, 2.45) is 0 Å². The molecule has 1 unspecified atom stereocenters. The molecule has 0 saturated heterocycles. The summed E-state index contributed by atoms with van der Waals surface area (Å²) in [7, 11) is -20.3. The van der Waals surface area contributed by atoms with Crippen LogP contribution in [-0.4, -0.2) is 72.5 Å². The molecule has 8 bridgehead atoms. The Kier molecular flexibility index (Phi) is 10.6. The first-order valence-electron chi connectivity index (χ1n) is 19.0. The lowest BCUT2D eigenvalue weighted by Crippen LogP contribution is -2.23. The lowest BCUT2D eigenvalue weighted by Gasteiger charge is -2.20. The molecule has 3 aromatic heterocycles. The highest BCUT2D eigenvalue weighted by atomic mass is 32.3. The molecule has 5 heterocycles. The highest BCUT2D eigenvalue weighted by Crippen LogP contribution is 2.41. The van der Waals surface area contributed by atoms with Crippen LogP contribution < -0.4 is 0 Å². The predicted octanol–water partition coefficient (Wildman–Crippen LogP) is 8.01. The lowest BCUT2D eigenvalue weighted by molar-refractivity contribution is 0.383. The third-order valence-corrected chi connectivity index (χ3v) is 15.0. The fourth-order valence-electron chi connectivity index (χ4n) is 8.06. The first-order chi connectivity index (χ1) is 30.4. The molecule has 2 aliphatic heterocycles. The monoisotopic (exact) mass is 936 g/mol. The number of benzene rings is 3. The molecule has 324 valence electrons. The van der Waals surface area contributed by atoms with E-state index in [0.29, 0.717) is 33.4 Å². The van der Waals surface area contributed by atoms with Crippen LogP contribution in [0.2, 0.25) is 0 Å². The van der Waals surface area contributed by atoms with Crippen LogP contribution in [0.15, 0.2) is 131 Å². The van der Waals surface area contributed by atoms with Crippen LogP contribution >= 0.6 is 0 Å². The van der Waals surface area contributed by atoms with E-state index in [-0.39, 0.29) is 62.4 Å². The van der Waals surface area contributed by atoms with Crippen molar-refractivity contribution >= 4 is 92.7 Å². The minimum atomic E-state index is -5.52. The maximum atomic E-state index is 13.6. The number of hydrogen-bond donors (Lipinski definition) is 5. The molecular formula is C44H32N4O12S4. The minimum absolute atomic E-state index is 0.00888. The first kappa shape index (κ1) is 42.7. The molecular weight excluding hydrogens is 905 g/mol. The van der Waals surface area contributed by atoms with Gasteiger partial charge in [-0.15, -0.1) is 3.63 Å². The van der Waals surface area contributed by atoms with Crippen molar-refractivity contribution in [3.05, 3.63) is 150 Å². The molecule has 5 N–H and O–H groups in total. The summed E-state index contributed by atoms with van der Waals surface area (Å²) >= 11 is 0. The van der Waals surface area contributed by atoms with E-state index in [9.17, 15) is 47.3 Å². The van der Waals surface area contributed by atoms with E-state index in [1.54, 1.807) is 72.9 Å². The van der Waals surface area contributed by atoms with E-state index in [1.807, 2.05) is 30.3 Å². The van der Waals surface area contributed by atoms with Crippen LogP contribution in [0.5, 0.6) is 0 Å². The minimum Gasteiger partial charge on any atom is -0.354 e. The Morgan fingerprint density at radius 1 is 0.531 bits per heavy atom. The number of hydrogen-bond acceptors (Lipinski definition) is 11. The summed E-state index contributed by atoms with van der Waals surface area (Å²) in [6.45, 7) is 0. The van der Waals surface area contributed by atoms with E-state index in [4.69, 9.17) is 9.97 Å². The first-order valence-corrected chi connectivity index (χ1v) is 24.7. The van der Waals surface area contributed by atoms with E-state index < -0.39 is 55.8 Å². The number of rotatable bonds is 9. The number of aromatic amines is 2. The number of allylic oxidation sites excluding steroid dienone is 3. The van der Waals surface area contributed by atoms with E-state index in [2.05, 4.69) is 13.6 Å². The van der Waals surface area contributed by atoms with Crippen molar-refractivity contribution in [3.63, 3.8) is 0 Å². The Morgan fingerprint density at radius 2 is 0.984 bits per heavy atom. The van der Waals surface area contributed by atoms with Crippen LogP contribution in [0.25, 0.3) is 85.3 Å². The van der Waals surface area contributed by atoms with Crippen molar-refractivity contribution in [3.8, 4) is 33.4 Å². The summed E-state index contributed by atoms with van der Waals surface area (Å²) in [4.78, 5) is 15.5. The van der Waals surface area contributed by atoms with Gasteiger partial charge in [0.25, 0.3) is 20.2 Å². The Bertz CT molecular complexity index is 3720. The summed E-state index contributed by atoms with van der Waals surface area (Å²) < 4.78 is 137. The zero-order chi connectivity index (χ0) is 45.2. The third-order valence-electron chi connectivity index (χ3n) is 10.6. The van der Waals surface area contributed by atoms with Gasteiger partial charge in [-0.25, -0.2) is 9.97 Å². The molecule has 16 nitrogen and oxygen atoms in total. The number of nitrogens with one attached hydrogen (secondary N) is 2. The summed E-state index contributed by atoms with van der Waals surface area (Å²) in [5, 5.41) is -1.39. The summed E-state index contributed by atoms with van der Waals surface area (Å²) in [5.41, 5.74) is 4.04. The van der Waals surface area contributed by atoms with Crippen molar-refractivity contribution in [1.82, 2.24) is 19.9 Å². The van der Waals surface area contributed by atoms with Crippen molar-refractivity contribution < 1.29 is 51.0 Å². The molecule has 0 saturated carbocycles. The van der Waals surface area contributed by atoms with Gasteiger partial charge in [0.1, 0.15) is 15.0 Å². The molecule has 64 heavy (non-hydrogen) atoms. The second-order valence-electron chi connectivity index (χ2n) is 14.6. The average molecular weight is 937 g/mol. The van der Waals surface area contributed by atoms with Gasteiger partial charge in [-0.05, 0) is 78.3 Å². The second-order valence-corrected chi connectivity index (χ2v) is 20.3. The smallest absolute Gasteiger partial charge is 0.354 e.